The molecule has 92 valence electrons. The largest absolute Gasteiger partial charge is 0.126 e. The highest BCUT2D eigenvalue weighted by molar-refractivity contribution is 7.99. The summed E-state index contributed by atoms with van der Waals surface area (Å²) in [5.41, 5.74) is 3.60. The minimum absolute atomic E-state index is 0.384. The topological polar surface area (TPSA) is 0 Å². The molecule has 0 N–H and O–H groups in total. The number of benzene rings is 1. The Balaban J connectivity index is 1.98. The molecule has 0 radical (unpaired) electrons. The van der Waals surface area contributed by atoms with E-state index in [1.165, 1.54) is 42.8 Å². The Morgan fingerprint density at radius 1 is 1.18 bits per heavy atom. The van der Waals surface area contributed by atoms with Gasteiger partial charge in [0.25, 0.3) is 0 Å². The summed E-state index contributed by atoms with van der Waals surface area (Å²) in [6.07, 6.45) is 7.00. The van der Waals surface area contributed by atoms with Gasteiger partial charge in [0.1, 0.15) is 0 Å². The first-order chi connectivity index (χ1) is 8.17. The molecule has 1 heterocycles. The first-order valence-electron chi connectivity index (χ1n) is 6.94. The standard InChI is InChI=1S/C16H22S/c1-16(2)9-10-17-15-8-7-13(11-14(15)16)12-5-3-4-6-12/h7-8,11-12H,3-6,9-10H2,1-2H3. The van der Waals surface area contributed by atoms with Crippen molar-refractivity contribution >= 4 is 11.8 Å². The summed E-state index contributed by atoms with van der Waals surface area (Å²) in [6.45, 7) is 4.81. The van der Waals surface area contributed by atoms with Crippen molar-refractivity contribution in [1.82, 2.24) is 0 Å². The van der Waals surface area contributed by atoms with Gasteiger partial charge in [0.05, 0.1) is 0 Å². The molecule has 0 spiro atoms. The molecule has 1 heteroatoms. The van der Waals surface area contributed by atoms with Gasteiger partial charge in [0.15, 0.2) is 0 Å². The third-order valence-corrected chi connectivity index (χ3v) is 5.62. The number of rotatable bonds is 1. The molecule has 0 saturated heterocycles. The second kappa shape index (κ2) is 4.35. The molecule has 2 aliphatic rings. The first kappa shape index (κ1) is 11.6. The molecular weight excluding hydrogens is 224 g/mol. The molecule has 0 unspecified atom stereocenters. The lowest BCUT2D eigenvalue weighted by Crippen LogP contribution is -2.23. The number of thioether (sulfide) groups is 1. The van der Waals surface area contributed by atoms with Crippen LogP contribution in [-0.4, -0.2) is 5.75 Å². The van der Waals surface area contributed by atoms with Crippen molar-refractivity contribution in [2.24, 2.45) is 0 Å². The highest BCUT2D eigenvalue weighted by atomic mass is 32.2. The van der Waals surface area contributed by atoms with Crippen molar-refractivity contribution in [3.8, 4) is 0 Å². The summed E-state index contributed by atoms with van der Waals surface area (Å²) in [4.78, 5) is 1.53. The molecule has 1 aromatic rings. The number of fused-ring (bicyclic) bond motifs is 1. The van der Waals surface area contributed by atoms with E-state index in [9.17, 15) is 0 Å². The van der Waals surface area contributed by atoms with Gasteiger partial charge >= 0.3 is 0 Å². The Morgan fingerprint density at radius 3 is 2.71 bits per heavy atom. The lowest BCUT2D eigenvalue weighted by molar-refractivity contribution is 0.492. The van der Waals surface area contributed by atoms with E-state index >= 15 is 0 Å². The third kappa shape index (κ3) is 2.14. The van der Waals surface area contributed by atoms with Crippen molar-refractivity contribution in [2.45, 2.75) is 62.2 Å². The molecule has 3 rings (SSSR count). The van der Waals surface area contributed by atoms with Crippen molar-refractivity contribution in [3.63, 3.8) is 0 Å². The summed E-state index contributed by atoms with van der Waals surface area (Å²) in [7, 11) is 0. The van der Waals surface area contributed by atoms with Crippen LogP contribution >= 0.6 is 11.8 Å². The number of hydrogen-bond donors (Lipinski definition) is 0. The molecule has 1 aliphatic carbocycles. The van der Waals surface area contributed by atoms with E-state index in [4.69, 9.17) is 0 Å². The lowest BCUT2D eigenvalue weighted by Gasteiger charge is -2.33. The molecule has 1 fully saturated rings. The van der Waals surface area contributed by atoms with Crippen LogP contribution in [0.3, 0.4) is 0 Å². The summed E-state index contributed by atoms with van der Waals surface area (Å²) < 4.78 is 0. The van der Waals surface area contributed by atoms with Crippen LogP contribution < -0.4 is 0 Å². The normalized spacial score (nSPS) is 23.6. The van der Waals surface area contributed by atoms with Crippen LogP contribution in [0.4, 0.5) is 0 Å². The van der Waals surface area contributed by atoms with Gasteiger partial charge in [-0.25, -0.2) is 0 Å². The molecule has 0 nitrogen and oxygen atoms in total. The van der Waals surface area contributed by atoms with E-state index in [1.54, 1.807) is 11.1 Å². The van der Waals surface area contributed by atoms with Crippen LogP contribution in [0.2, 0.25) is 0 Å². The van der Waals surface area contributed by atoms with E-state index in [0.29, 0.717) is 5.41 Å². The third-order valence-electron chi connectivity index (χ3n) is 4.54. The zero-order valence-electron chi connectivity index (χ0n) is 11.0. The molecule has 0 aromatic heterocycles. The van der Waals surface area contributed by atoms with E-state index in [0.717, 1.165) is 5.92 Å². The minimum Gasteiger partial charge on any atom is -0.126 e. The predicted octanol–water partition coefficient (Wildman–Crippen LogP) is 5.12. The molecule has 1 saturated carbocycles. The zero-order chi connectivity index (χ0) is 11.9. The van der Waals surface area contributed by atoms with E-state index in [-0.39, 0.29) is 0 Å². The van der Waals surface area contributed by atoms with Crippen molar-refractivity contribution in [1.29, 1.82) is 0 Å². The Hall–Kier alpha value is -0.430. The first-order valence-corrected chi connectivity index (χ1v) is 7.93. The average molecular weight is 246 g/mol. The maximum Gasteiger partial charge on any atom is 0.0110 e. The maximum absolute atomic E-state index is 2.53. The van der Waals surface area contributed by atoms with Gasteiger partial charge in [0.2, 0.25) is 0 Å². The van der Waals surface area contributed by atoms with Crippen LogP contribution in [-0.2, 0) is 5.41 Å². The fourth-order valence-electron chi connectivity index (χ4n) is 3.27. The van der Waals surface area contributed by atoms with Crippen LogP contribution in [0.5, 0.6) is 0 Å². The van der Waals surface area contributed by atoms with Crippen LogP contribution in [0.25, 0.3) is 0 Å². The Labute approximate surface area is 109 Å². The molecule has 0 amide bonds. The van der Waals surface area contributed by atoms with Crippen LogP contribution in [0, 0.1) is 0 Å². The monoisotopic (exact) mass is 246 g/mol. The molecule has 1 aliphatic heterocycles. The van der Waals surface area contributed by atoms with Gasteiger partial charge in [-0.05, 0) is 53.5 Å². The van der Waals surface area contributed by atoms with Crippen LogP contribution in [0.1, 0.15) is 63.0 Å². The fraction of sp³-hybridized carbons (Fsp3) is 0.625. The van der Waals surface area contributed by atoms with Crippen molar-refractivity contribution in [2.75, 3.05) is 5.75 Å². The van der Waals surface area contributed by atoms with E-state index in [2.05, 4.69) is 32.0 Å². The Kier molecular flexibility index (Phi) is 2.98. The highest BCUT2D eigenvalue weighted by Crippen LogP contribution is 2.44. The van der Waals surface area contributed by atoms with E-state index < -0.39 is 0 Å². The molecule has 0 bridgehead atoms. The fourth-order valence-corrected chi connectivity index (χ4v) is 4.75. The quantitative estimate of drug-likeness (QED) is 0.663. The van der Waals surface area contributed by atoms with Gasteiger partial charge in [0, 0.05) is 4.90 Å². The SMILES string of the molecule is CC1(C)CCSc2ccc(C3CCCC3)cc21. The van der Waals surface area contributed by atoms with Crippen LogP contribution in [0.15, 0.2) is 23.1 Å². The van der Waals surface area contributed by atoms with Gasteiger partial charge in [-0.3, -0.25) is 0 Å². The second-order valence-electron chi connectivity index (χ2n) is 6.22. The minimum atomic E-state index is 0.384. The second-order valence-corrected chi connectivity index (χ2v) is 7.36. The molecule has 0 atom stereocenters. The van der Waals surface area contributed by atoms with Gasteiger partial charge in [-0.1, -0.05) is 38.8 Å². The van der Waals surface area contributed by atoms with E-state index in [1.807, 2.05) is 11.8 Å². The van der Waals surface area contributed by atoms with Crippen molar-refractivity contribution < 1.29 is 0 Å². The number of hydrogen-bond acceptors (Lipinski definition) is 1. The predicted molar refractivity (Wildman–Crippen MR) is 76.0 cm³/mol. The Morgan fingerprint density at radius 2 is 1.94 bits per heavy atom. The molecule has 17 heavy (non-hydrogen) atoms. The molecule has 1 aromatic carbocycles. The highest BCUT2D eigenvalue weighted by Gasteiger charge is 2.29. The average Bonchev–Trinajstić information content (AvgIpc) is 2.82. The van der Waals surface area contributed by atoms with Gasteiger partial charge in [-0.15, -0.1) is 11.8 Å². The van der Waals surface area contributed by atoms with Gasteiger partial charge < -0.3 is 0 Å². The smallest absolute Gasteiger partial charge is 0.0110 e. The lowest BCUT2D eigenvalue weighted by atomic mass is 9.80. The van der Waals surface area contributed by atoms with Gasteiger partial charge in [-0.2, -0.15) is 0 Å². The van der Waals surface area contributed by atoms with Crippen molar-refractivity contribution in [3.05, 3.63) is 29.3 Å². The Bertz CT molecular complexity index is 414. The summed E-state index contributed by atoms with van der Waals surface area (Å²) >= 11 is 2.04. The maximum atomic E-state index is 2.53. The molecular formula is C16H22S. The summed E-state index contributed by atoms with van der Waals surface area (Å²) in [5, 5.41) is 0. The summed E-state index contributed by atoms with van der Waals surface area (Å²) in [6, 6.07) is 7.30. The zero-order valence-corrected chi connectivity index (χ0v) is 11.8. The summed E-state index contributed by atoms with van der Waals surface area (Å²) in [5.74, 6) is 2.13.